The van der Waals surface area contributed by atoms with Crippen molar-refractivity contribution in [3.05, 3.63) is 34.1 Å². The lowest BCUT2D eigenvalue weighted by molar-refractivity contribution is 0.0862. The van der Waals surface area contributed by atoms with Gasteiger partial charge < -0.3 is 10.1 Å². The van der Waals surface area contributed by atoms with E-state index in [-0.39, 0.29) is 5.82 Å². The van der Waals surface area contributed by atoms with Gasteiger partial charge in [-0.05, 0) is 56.5 Å². The molecule has 4 heteroatoms. The summed E-state index contributed by atoms with van der Waals surface area (Å²) >= 11 is 3.41. The minimum Gasteiger partial charge on any atom is -0.375 e. The molecule has 2 aliphatic heterocycles. The molecule has 2 bridgehead atoms. The lowest BCUT2D eigenvalue weighted by Crippen LogP contribution is -2.40. The normalized spacial score (nSPS) is 30.8. The van der Waals surface area contributed by atoms with Gasteiger partial charge in [-0.3, -0.25) is 0 Å². The van der Waals surface area contributed by atoms with E-state index in [1.807, 2.05) is 13.1 Å². The quantitative estimate of drug-likeness (QED) is 0.916. The topological polar surface area (TPSA) is 21.3 Å². The van der Waals surface area contributed by atoms with E-state index >= 15 is 0 Å². The van der Waals surface area contributed by atoms with E-state index in [1.54, 1.807) is 6.07 Å². The predicted molar refractivity (Wildman–Crippen MR) is 76.7 cm³/mol. The van der Waals surface area contributed by atoms with Crippen molar-refractivity contribution in [2.45, 2.75) is 43.9 Å². The molecule has 19 heavy (non-hydrogen) atoms. The molecule has 2 nitrogen and oxygen atoms in total. The first-order valence-corrected chi connectivity index (χ1v) is 7.73. The van der Waals surface area contributed by atoms with Crippen molar-refractivity contribution in [3.8, 4) is 0 Å². The molecular weight excluding hydrogens is 309 g/mol. The highest BCUT2D eigenvalue weighted by atomic mass is 79.9. The highest BCUT2D eigenvalue weighted by Crippen LogP contribution is 2.41. The number of nitrogens with one attached hydrogen (secondary N) is 1. The molecule has 1 aromatic rings. The number of hydrogen-bond donors (Lipinski definition) is 1. The van der Waals surface area contributed by atoms with E-state index in [1.165, 1.54) is 12.5 Å². The summed E-state index contributed by atoms with van der Waals surface area (Å²) in [5.74, 6) is 0.398. The molecule has 4 unspecified atom stereocenters. The van der Waals surface area contributed by atoms with Gasteiger partial charge in [0.15, 0.2) is 0 Å². The Morgan fingerprint density at radius 2 is 2.32 bits per heavy atom. The highest BCUT2D eigenvalue weighted by Gasteiger charge is 2.43. The fraction of sp³-hybridized carbons (Fsp3) is 0.600. The molecule has 0 aromatic heterocycles. The smallest absolute Gasteiger partial charge is 0.126 e. The average Bonchev–Trinajstić information content (AvgIpc) is 3.02. The van der Waals surface area contributed by atoms with E-state index < -0.39 is 0 Å². The number of benzene rings is 1. The molecule has 0 spiro atoms. The lowest BCUT2D eigenvalue weighted by Gasteiger charge is -2.28. The molecule has 0 saturated carbocycles. The van der Waals surface area contributed by atoms with Crippen LogP contribution in [0.4, 0.5) is 4.39 Å². The number of ether oxygens (including phenoxy) is 1. The number of hydrogen-bond acceptors (Lipinski definition) is 2. The van der Waals surface area contributed by atoms with Crippen LogP contribution in [0.3, 0.4) is 0 Å². The Kier molecular flexibility index (Phi) is 3.92. The SMILES string of the molecule is CNC(Cc1cc(Br)ccc1F)C1CC2CCC1O2. The van der Waals surface area contributed by atoms with Gasteiger partial charge in [0.1, 0.15) is 5.82 Å². The van der Waals surface area contributed by atoms with Crippen molar-refractivity contribution in [2.75, 3.05) is 7.05 Å². The summed E-state index contributed by atoms with van der Waals surface area (Å²) in [6.45, 7) is 0. The molecule has 2 heterocycles. The molecule has 2 aliphatic rings. The Balaban J connectivity index is 1.74. The average molecular weight is 328 g/mol. The molecule has 0 radical (unpaired) electrons. The molecule has 4 atom stereocenters. The first-order chi connectivity index (χ1) is 9.17. The number of likely N-dealkylation sites (N-methyl/N-ethyl adjacent to an activating group) is 1. The third-order valence-corrected chi connectivity index (χ3v) is 4.98. The van der Waals surface area contributed by atoms with Gasteiger partial charge in [0.25, 0.3) is 0 Å². The van der Waals surface area contributed by atoms with Crippen LogP contribution in [0.25, 0.3) is 0 Å². The summed E-state index contributed by atoms with van der Waals surface area (Å²) in [6.07, 6.45) is 5.01. The van der Waals surface area contributed by atoms with Crippen LogP contribution in [0.1, 0.15) is 24.8 Å². The van der Waals surface area contributed by atoms with Crippen LogP contribution in [0.15, 0.2) is 22.7 Å². The fourth-order valence-electron chi connectivity index (χ4n) is 3.50. The van der Waals surface area contributed by atoms with Crippen LogP contribution in [0, 0.1) is 11.7 Å². The Hall–Kier alpha value is -0.450. The van der Waals surface area contributed by atoms with E-state index in [4.69, 9.17) is 4.74 Å². The Morgan fingerprint density at radius 3 is 2.95 bits per heavy atom. The second-order valence-corrected chi connectivity index (χ2v) is 6.52. The van der Waals surface area contributed by atoms with Gasteiger partial charge >= 0.3 is 0 Å². The van der Waals surface area contributed by atoms with Crippen molar-refractivity contribution >= 4 is 15.9 Å². The molecule has 0 amide bonds. The molecule has 2 fully saturated rings. The van der Waals surface area contributed by atoms with Gasteiger partial charge in [-0.25, -0.2) is 4.39 Å². The van der Waals surface area contributed by atoms with Crippen molar-refractivity contribution in [2.24, 2.45) is 5.92 Å². The zero-order chi connectivity index (χ0) is 13.4. The van der Waals surface area contributed by atoms with Gasteiger partial charge in [0, 0.05) is 16.4 Å². The second kappa shape index (κ2) is 5.51. The maximum absolute atomic E-state index is 13.9. The first-order valence-electron chi connectivity index (χ1n) is 6.94. The zero-order valence-corrected chi connectivity index (χ0v) is 12.6. The van der Waals surface area contributed by atoms with E-state index in [0.717, 1.165) is 29.3 Å². The Morgan fingerprint density at radius 1 is 1.47 bits per heavy atom. The fourth-order valence-corrected chi connectivity index (χ4v) is 3.91. The minimum absolute atomic E-state index is 0.118. The standard InChI is InChI=1S/C15H19BrFNO/c1-18-14(12-8-11-3-5-15(12)19-11)7-9-6-10(16)2-4-13(9)17/h2,4,6,11-12,14-15,18H,3,5,7-8H2,1H3. The summed E-state index contributed by atoms with van der Waals surface area (Å²) in [5.41, 5.74) is 0.775. The summed E-state index contributed by atoms with van der Waals surface area (Å²) in [4.78, 5) is 0. The summed E-state index contributed by atoms with van der Waals surface area (Å²) in [6, 6.07) is 5.45. The van der Waals surface area contributed by atoms with Crippen LogP contribution in [0.5, 0.6) is 0 Å². The second-order valence-electron chi connectivity index (χ2n) is 5.61. The highest BCUT2D eigenvalue weighted by molar-refractivity contribution is 9.10. The summed E-state index contributed by atoms with van der Waals surface area (Å²) in [5, 5.41) is 3.36. The molecule has 1 aromatic carbocycles. The van der Waals surface area contributed by atoms with E-state index in [9.17, 15) is 4.39 Å². The number of fused-ring (bicyclic) bond motifs is 2. The van der Waals surface area contributed by atoms with Gasteiger partial charge in [-0.2, -0.15) is 0 Å². The van der Waals surface area contributed by atoms with Crippen LogP contribution in [-0.2, 0) is 11.2 Å². The van der Waals surface area contributed by atoms with Gasteiger partial charge in [0.05, 0.1) is 12.2 Å². The van der Waals surface area contributed by atoms with Gasteiger partial charge in [0.2, 0.25) is 0 Å². The first kappa shape index (κ1) is 13.5. The van der Waals surface area contributed by atoms with Crippen LogP contribution < -0.4 is 5.32 Å². The molecular formula is C15H19BrFNO. The maximum atomic E-state index is 13.9. The molecule has 1 N–H and O–H groups in total. The summed E-state index contributed by atoms with van der Waals surface area (Å²) < 4.78 is 20.7. The van der Waals surface area contributed by atoms with E-state index in [0.29, 0.717) is 24.2 Å². The van der Waals surface area contributed by atoms with Crippen LogP contribution >= 0.6 is 15.9 Å². The molecule has 3 rings (SSSR count). The van der Waals surface area contributed by atoms with Crippen molar-refractivity contribution in [1.29, 1.82) is 0 Å². The zero-order valence-electron chi connectivity index (χ0n) is 11.0. The third-order valence-electron chi connectivity index (χ3n) is 4.49. The molecule has 104 valence electrons. The lowest BCUT2D eigenvalue weighted by atomic mass is 9.81. The largest absolute Gasteiger partial charge is 0.375 e. The van der Waals surface area contributed by atoms with Crippen molar-refractivity contribution in [1.82, 2.24) is 5.32 Å². The minimum atomic E-state index is -0.118. The summed E-state index contributed by atoms with van der Waals surface area (Å²) in [7, 11) is 1.96. The Bertz CT molecular complexity index is 467. The number of rotatable bonds is 4. The van der Waals surface area contributed by atoms with Crippen LogP contribution in [0.2, 0.25) is 0 Å². The molecule has 2 saturated heterocycles. The van der Waals surface area contributed by atoms with Crippen molar-refractivity contribution in [3.63, 3.8) is 0 Å². The maximum Gasteiger partial charge on any atom is 0.126 e. The molecule has 0 aliphatic carbocycles. The Labute approximate surface area is 121 Å². The number of halogens is 2. The van der Waals surface area contributed by atoms with E-state index in [2.05, 4.69) is 21.2 Å². The third kappa shape index (κ3) is 2.71. The van der Waals surface area contributed by atoms with Gasteiger partial charge in [-0.15, -0.1) is 0 Å². The van der Waals surface area contributed by atoms with Crippen molar-refractivity contribution < 1.29 is 9.13 Å². The monoisotopic (exact) mass is 327 g/mol. The van der Waals surface area contributed by atoms with Crippen LogP contribution in [-0.4, -0.2) is 25.3 Å². The van der Waals surface area contributed by atoms with Gasteiger partial charge in [-0.1, -0.05) is 15.9 Å². The predicted octanol–water partition coefficient (Wildman–Crippen LogP) is 3.29.